The van der Waals surface area contributed by atoms with Crippen molar-refractivity contribution < 1.29 is 42.5 Å². The molecule has 0 bridgehead atoms. The molecular weight excluding hydrogens is 356 g/mol. The van der Waals surface area contributed by atoms with Gasteiger partial charge in [0, 0.05) is 12.0 Å². The Bertz CT molecular complexity index is 707. The summed E-state index contributed by atoms with van der Waals surface area (Å²) >= 11 is 0. The average molecular weight is 373 g/mol. The Morgan fingerprint density at radius 2 is 1.62 bits per heavy atom. The number of carboxylic acids is 1. The van der Waals surface area contributed by atoms with E-state index in [0.717, 1.165) is 26.4 Å². The van der Waals surface area contributed by atoms with Crippen LogP contribution in [0.3, 0.4) is 0 Å². The summed E-state index contributed by atoms with van der Waals surface area (Å²) in [5, 5.41) is 11.4. The van der Waals surface area contributed by atoms with Crippen molar-refractivity contribution >= 4 is 23.8 Å². The number of amides is 1. The summed E-state index contributed by atoms with van der Waals surface area (Å²) in [6.45, 7) is 1.21. The molecule has 0 aromatic heterocycles. The molecule has 0 spiro atoms. The number of methoxy groups -OCH3 is 2. The molecule has 26 heavy (non-hydrogen) atoms. The molecule has 1 rings (SSSR count). The number of hydrogen-bond donors (Lipinski definition) is 2. The molecule has 1 amide bonds. The molecule has 0 unspecified atom stereocenters. The molecule has 0 radical (unpaired) electrons. The zero-order valence-corrected chi connectivity index (χ0v) is 14.1. The number of hydrogen-bond acceptors (Lipinski definition) is 6. The van der Waals surface area contributed by atoms with Gasteiger partial charge in [0.2, 0.25) is 0 Å². The number of nitrogens with one attached hydrogen (secondary N) is 1. The van der Waals surface area contributed by atoms with Crippen LogP contribution in [0, 0.1) is 23.5 Å². The van der Waals surface area contributed by atoms with Crippen molar-refractivity contribution in [3.63, 3.8) is 0 Å². The number of benzene rings is 1. The third kappa shape index (κ3) is 4.74. The molecule has 8 nitrogen and oxygen atoms in total. The summed E-state index contributed by atoms with van der Waals surface area (Å²) < 4.78 is 35.5. The van der Waals surface area contributed by atoms with Gasteiger partial charge in [-0.3, -0.25) is 14.4 Å². The Morgan fingerprint density at radius 3 is 2.04 bits per heavy atom. The van der Waals surface area contributed by atoms with E-state index in [4.69, 9.17) is 0 Å². The molecule has 0 saturated carbocycles. The number of ether oxygens (including phenoxy) is 2. The number of esters is 2. The quantitative estimate of drug-likeness (QED) is 0.535. The van der Waals surface area contributed by atoms with Gasteiger partial charge in [-0.2, -0.15) is 0 Å². The third-order valence-electron chi connectivity index (χ3n) is 3.69. The third-order valence-corrected chi connectivity index (χ3v) is 3.69. The number of rotatable bonds is 7. The summed E-state index contributed by atoms with van der Waals surface area (Å²) in [7, 11) is 1.99. The van der Waals surface area contributed by atoms with Crippen LogP contribution < -0.4 is 5.32 Å². The highest BCUT2D eigenvalue weighted by Crippen LogP contribution is 2.20. The lowest BCUT2D eigenvalue weighted by Gasteiger charge is -2.26. The molecule has 1 aromatic carbocycles. The van der Waals surface area contributed by atoms with E-state index in [-0.39, 0.29) is 0 Å². The standard InChI is InChI=1S/C16H17F2NO7/c1-7(11(15(23)25-2)16(24)26-3)12(14(21)22)19-13(20)9-5-4-8(17)6-10(9)18/h4-7,11-12H,1-3H3,(H,19,20)(H,21,22)/t7-,12+/m0/s1. The second-order valence-corrected chi connectivity index (χ2v) is 5.30. The van der Waals surface area contributed by atoms with Crippen molar-refractivity contribution in [3.05, 3.63) is 35.4 Å². The van der Waals surface area contributed by atoms with Gasteiger partial charge in [0.05, 0.1) is 19.8 Å². The largest absolute Gasteiger partial charge is 0.480 e. The Kier molecular flexibility index (Phi) is 7.17. The molecular formula is C16H17F2NO7. The summed E-state index contributed by atoms with van der Waals surface area (Å²) in [5.74, 6) is -9.89. The monoisotopic (exact) mass is 373 g/mol. The number of carboxylic acid groups (broad SMARTS) is 1. The second-order valence-electron chi connectivity index (χ2n) is 5.30. The fourth-order valence-electron chi connectivity index (χ4n) is 2.28. The van der Waals surface area contributed by atoms with Gasteiger partial charge in [-0.1, -0.05) is 6.92 Å². The molecule has 0 heterocycles. The maximum absolute atomic E-state index is 13.7. The lowest BCUT2D eigenvalue weighted by atomic mass is 9.87. The zero-order chi connectivity index (χ0) is 20.0. The van der Waals surface area contributed by atoms with Crippen LogP contribution in [0.5, 0.6) is 0 Å². The number of carbonyl (C=O) groups is 4. The Hall–Kier alpha value is -3.04. The van der Waals surface area contributed by atoms with E-state index in [1.54, 1.807) is 0 Å². The Balaban J connectivity index is 3.13. The Labute approximate surface area is 147 Å². The predicted octanol–water partition coefficient (Wildman–Crippen LogP) is 0.746. The molecule has 2 N–H and O–H groups in total. The van der Waals surface area contributed by atoms with Crippen LogP contribution in [0.2, 0.25) is 0 Å². The van der Waals surface area contributed by atoms with Crippen molar-refractivity contribution in [1.29, 1.82) is 0 Å². The van der Waals surface area contributed by atoms with E-state index in [1.807, 2.05) is 5.32 Å². The Morgan fingerprint density at radius 1 is 1.08 bits per heavy atom. The molecule has 2 atom stereocenters. The minimum atomic E-state index is -1.75. The molecule has 10 heteroatoms. The van der Waals surface area contributed by atoms with E-state index in [0.29, 0.717) is 6.07 Å². The van der Waals surface area contributed by atoms with E-state index >= 15 is 0 Å². The van der Waals surface area contributed by atoms with Crippen LogP contribution in [0.1, 0.15) is 17.3 Å². The minimum absolute atomic E-state index is 0.458. The van der Waals surface area contributed by atoms with Crippen molar-refractivity contribution in [2.24, 2.45) is 11.8 Å². The first-order chi connectivity index (χ1) is 12.1. The van der Waals surface area contributed by atoms with Crippen LogP contribution in [0.25, 0.3) is 0 Å². The number of carbonyl (C=O) groups excluding carboxylic acids is 3. The van der Waals surface area contributed by atoms with Crippen molar-refractivity contribution in [2.75, 3.05) is 14.2 Å². The average Bonchev–Trinajstić information content (AvgIpc) is 2.58. The van der Waals surface area contributed by atoms with Gasteiger partial charge in [-0.15, -0.1) is 0 Å². The van der Waals surface area contributed by atoms with Gasteiger partial charge in [0.1, 0.15) is 17.7 Å². The van der Waals surface area contributed by atoms with Crippen molar-refractivity contribution in [2.45, 2.75) is 13.0 Å². The molecule has 0 aliphatic heterocycles. The lowest BCUT2D eigenvalue weighted by molar-refractivity contribution is -0.162. The SMILES string of the molecule is COC(=O)C(C(=O)OC)[C@H](C)[C@@H](NC(=O)c1ccc(F)cc1F)C(=O)O. The fraction of sp³-hybridized carbons (Fsp3) is 0.375. The summed E-state index contributed by atoms with van der Waals surface area (Å²) in [5.41, 5.74) is -0.600. The molecule has 0 aliphatic rings. The van der Waals surface area contributed by atoms with Gasteiger partial charge in [0.15, 0.2) is 5.92 Å². The zero-order valence-electron chi connectivity index (χ0n) is 14.1. The fourth-order valence-corrected chi connectivity index (χ4v) is 2.28. The van der Waals surface area contributed by atoms with E-state index in [1.165, 1.54) is 6.92 Å². The number of aliphatic carboxylic acids is 1. The highest BCUT2D eigenvalue weighted by atomic mass is 19.1. The minimum Gasteiger partial charge on any atom is -0.480 e. The van der Waals surface area contributed by atoms with Gasteiger partial charge >= 0.3 is 17.9 Å². The van der Waals surface area contributed by atoms with Gasteiger partial charge < -0.3 is 19.9 Å². The van der Waals surface area contributed by atoms with Gasteiger partial charge in [0.25, 0.3) is 5.91 Å². The smallest absolute Gasteiger partial charge is 0.326 e. The van der Waals surface area contributed by atoms with Crippen molar-refractivity contribution in [3.8, 4) is 0 Å². The van der Waals surface area contributed by atoms with Crippen molar-refractivity contribution in [1.82, 2.24) is 5.32 Å². The highest BCUT2D eigenvalue weighted by Gasteiger charge is 2.42. The van der Waals surface area contributed by atoms with Crippen LogP contribution in [0.15, 0.2) is 18.2 Å². The van der Waals surface area contributed by atoms with Crippen LogP contribution in [-0.2, 0) is 23.9 Å². The molecule has 1 aromatic rings. The van der Waals surface area contributed by atoms with Crippen LogP contribution >= 0.6 is 0 Å². The maximum atomic E-state index is 13.7. The summed E-state index contributed by atoms with van der Waals surface area (Å²) in [4.78, 5) is 47.2. The highest BCUT2D eigenvalue weighted by molar-refractivity contribution is 5.99. The predicted molar refractivity (Wildman–Crippen MR) is 81.9 cm³/mol. The van der Waals surface area contributed by atoms with Crippen LogP contribution in [0.4, 0.5) is 8.78 Å². The summed E-state index contributed by atoms with van der Waals surface area (Å²) in [6, 6.07) is 0.361. The van der Waals surface area contributed by atoms with Gasteiger partial charge in [-0.25, -0.2) is 13.6 Å². The first-order valence-electron chi connectivity index (χ1n) is 7.28. The van der Waals surface area contributed by atoms with E-state index in [2.05, 4.69) is 9.47 Å². The van der Waals surface area contributed by atoms with Gasteiger partial charge in [-0.05, 0) is 12.1 Å². The molecule has 0 fully saturated rings. The topological polar surface area (TPSA) is 119 Å². The first kappa shape index (κ1) is 21.0. The summed E-state index contributed by atoms with van der Waals surface area (Å²) in [6.07, 6.45) is 0. The number of halogens is 2. The van der Waals surface area contributed by atoms with E-state index < -0.39 is 58.9 Å². The first-order valence-corrected chi connectivity index (χ1v) is 7.28. The maximum Gasteiger partial charge on any atom is 0.326 e. The molecule has 142 valence electrons. The normalized spacial score (nSPS) is 12.8. The van der Waals surface area contributed by atoms with Crippen LogP contribution in [-0.4, -0.2) is 49.2 Å². The van der Waals surface area contributed by atoms with E-state index in [9.17, 15) is 33.1 Å². The molecule has 0 aliphatic carbocycles. The second kappa shape index (κ2) is 8.88. The molecule has 0 saturated heterocycles. The lowest BCUT2D eigenvalue weighted by Crippen LogP contribution is -2.50.